The lowest BCUT2D eigenvalue weighted by atomic mass is 9.89. The van der Waals surface area contributed by atoms with Crippen LogP contribution in [0.15, 0.2) is 24.3 Å². The van der Waals surface area contributed by atoms with Crippen molar-refractivity contribution >= 4 is 11.0 Å². The predicted octanol–water partition coefficient (Wildman–Crippen LogP) is 1.71. The molecule has 0 bridgehead atoms. The van der Waals surface area contributed by atoms with E-state index in [1.165, 1.54) is 6.42 Å². The maximum absolute atomic E-state index is 11.1. The van der Waals surface area contributed by atoms with Crippen LogP contribution in [0.3, 0.4) is 0 Å². The first-order valence-corrected chi connectivity index (χ1v) is 7.54. The third-order valence-corrected chi connectivity index (χ3v) is 5.16. The zero-order valence-electron chi connectivity index (χ0n) is 11.9. The van der Waals surface area contributed by atoms with Gasteiger partial charge in [-0.15, -0.1) is 0 Å². The number of aliphatic hydroxyl groups is 1. The lowest BCUT2D eigenvalue weighted by molar-refractivity contribution is 0.0119. The molecule has 1 aromatic carbocycles. The SMILES string of the molecule is Cn1c(CC2(O)CCN3CCCC32)nc2ccccc21. The van der Waals surface area contributed by atoms with E-state index in [4.69, 9.17) is 4.98 Å². The van der Waals surface area contributed by atoms with Crippen LogP contribution in [0.25, 0.3) is 11.0 Å². The van der Waals surface area contributed by atoms with Crippen molar-refractivity contribution in [2.24, 2.45) is 7.05 Å². The summed E-state index contributed by atoms with van der Waals surface area (Å²) in [6.07, 6.45) is 3.89. The second-order valence-electron chi connectivity index (χ2n) is 6.30. The maximum Gasteiger partial charge on any atom is 0.112 e. The molecular formula is C16H21N3O. The summed E-state index contributed by atoms with van der Waals surface area (Å²) in [5.74, 6) is 1.00. The Morgan fingerprint density at radius 2 is 2.20 bits per heavy atom. The van der Waals surface area contributed by atoms with Crippen molar-refractivity contribution in [2.75, 3.05) is 13.1 Å². The van der Waals surface area contributed by atoms with Gasteiger partial charge in [-0.1, -0.05) is 12.1 Å². The van der Waals surface area contributed by atoms with E-state index in [0.29, 0.717) is 12.5 Å². The van der Waals surface area contributed by atoms with Crippen molar-refractivity contribution in [1.29, 1.82) is 0 Å². The normalized spacial score (nSPS) is 30.2. The molecule has 106 valence electrons. The summed E-state index contributed by atoms with van der Waals surface area (Å²) in [5, 5.41) is 11.1. The molecular weight excluding hydrogens is 250 g/mol. The zero-order chi connectivity index (χ0) is 13.7. The number of nitrogens with zero attached hydrogens (tertiary/aromatic N) is 3. The zero-order valence-corrected chi connectivity index (χ0v) is 11.9. The first kappa shape index (κ1) is 12.4. The molecule has 2 aromatic rings. The van der Waals surface area contributed by atoms with E-state index >= 15 is 0 Å². The van der Waals surface area contributed by atoms with E-state index < -0.39 is 5.60 Å². The first-order valence-electron chi connectivity index (χ1n) is 7.54. The number of hydrogen-bond donors (Lipinski definition) is 1. The Bertz CT molecular complexity index is 650. The quantitative estimate of drug-likeness (QED) is 0.904. The fraction of sp³-hybridized carbons (Fsp3) is 0.562. The highest BCUT2D eigenvalue weighted by molar-refractivity contribution is 5.75. The van der Waals surface area contributed by atoms with Gasteiger partial charge in [0.05, 0.1) is 16.6 Å². The Morgan fingerprint density at radius 1 is 1.35 bits per heavy atom. The second-order valence-corrected chi connectivity index (χ2v) is 6.30. The van der Waals surface area contributed by atoms with Crippen molar-refractivity contribution in [2.45, 2.75) is 37.3 Å². The largest absolute Gasteiger partial charge is 0.388 e. The molecule has 1 N–H and O–H groups in total. The fourth-order valence-electron chi connectivity index (χ4n) is 4.04. The van der Waals surface area contributed by atoms with E-state index in [9.17, 15) is 5.11 Å². The molecule has 2 atom stereocenters. The third-order valence-electron chi connectivity index (χ3n) is 5.16. The Labute approximate surface area is 119 Å². The predicted molar refractivity (Wildman–Crippen MR) is 78.6 cm³/mol. The molecule has 0 radical (unpaired) electrons. The molecule has 0 aliphatic carbocycles. The van der Waals surface area contributed by atoms with E-state index in [1.54, 1.807) is 0 Å². The summed E-state index contributed by atoms with van der Waals surface area (Å²) in [4.78, 5) is 7.17. The number of rotatable bonds is 2. The van der Waals surface area contributed by atoms with E-state index in [-0.39, 0.29) is 0 Å². The molecule has 4 heteroatoms. The molecule has 0 saturated carbocycles. The fourth-order valence-corrected chi connectivity index (χ4v) is 4.04. The van der Waals surface area contributed by atoms with Gasteiger partial charge in [-0.2, -0.15) is 0 Å². The van der Waals surface area contributed by atoms with Crippen LogP contribution >= 0.6 is 0 Å². The molecule has 0 amide bonds. The number of para-hydroxylation sites is 2. The van der Waals surface area contributed by atoms with E-state index in [2.05, 4.69) is 22.6 Å². The van der Waals surface area contributed by atoms with Crippen LogP contribution in [0.2, 0.25) is 0 Å². The standard InChI is InChI=1S/C16H21N3O/c1-18-13-6-3-2-5-12(13)17-15(18)11-16(20)8-10-19-9-4-7-14(16)19/h2-3,5-6,14,20H,4,7-11H2,1H3. The van der Waals surface area contributed by atoms with Gasteiger partial charge in [0.25, 0.3) is 0 Å². The Hall–Kier alpha value is -1.39. The number of aromatic nitrogens is 2. The average Bonchev–Trinajstić information content (AvgIpc) is 3.10. The smallest absolute Gasteiger partial charge is 0.112 e. The molecule has 1 aromatic heterocycles. The van der Waals surface area contributed by atoms with Gasteiger partial charge < -0.3 is 9.67 Å². The summed E-state index contributed by atoms with van der Waals surface area (Å²) in [7, 11) is 2.05. The summed E-state index contributed by atoms with van der Waals surface area (Å²) < 4.78 is 2.13. The monoisotopic (exact) mass is 271 g/mol. The van der Waals surface area contributed by atoms with Crippen molar-refractivity contribution < 1.29 is 5.11 Å². The van der Waals surface area contributed by atoms with Gasteiger partial charge in [0.15, 0.2) is 0 Å². The summed E-state index contributed by atoms with van der Waals surface area (Å²) in [5.41, 5.74) is 1.58. The van der Waals surface area contributed by atoms with Crippen LogP contribution in [-0.2, 0) is 13.5 Å². The van der Waals surface area contributed by atoms with Crippen molar-refractivity contribution in [3.63, 3.8) is 0 Å². The number of benzene rings is 1. The maximum atomic E-state index is 11.1. The molecule has 4 nitrogen and oxygen atoms in total. The molecule has 20 heavy (non-hydrogen) atoms. The summed E-state index contributed by atoms with van der Waals surface area (Å²) in [6.45, 7) is 2.18. The molecule has 2 saturated heterocycles. The number of aryl methyl sites for hydroxylation is 1. The van der Waals surface area contributed by atoms with Gasteiger partial charge in [0.2, 0.25) is 0 Å². The van der Waals surface area contributed by atoms with Crippen molar-refractivity contribution in [3.05, 3.63) is 30.1 Å². The minimum atomic E-state index is -0.592. The van der Waals surface area contributed by atoms with Crippen LogP contribution in [0.5, 0.6) is 0 Å². The number of fused-ring (bicyclic) bond motifs is 2. The van der Waals surface area contributed by atoms with Gasteiger partial charge >= 0.3 is 0 Å². The van der Waals surface area contributed by atoms with Gasteiger partial charge in [-0.3, -0.25) is 4.90 Å². The minimum absolute atomic E-state index is 0.335. The highest BCUT2D eigenvalue weighted by Crippen LogP contribution is 2.38. The number of hydrogen-bond acceptors (Lipinski definition) is 3. The number of imidazole rings is 1. The Kier molecular flexibility index (Phi) is 2.66. The van der Waals surface area contributed by atoms with Crippen LogP contribution in [-0.4, -0.2) is 44.3 Å². The molecule has 2 unspecified atom stereocenters. The topological polar surface area (TPSA) is 41.3 Å². The highest BCUT2D eigenvalue weighted by atomic mass is 16.3. The molecule has 2 fully saturated rings. The van der Waals surface area contributed by atoms with E-state index in [1.807, 2.05) is 18.2 Å². The second kappa shape index (κ2) is 4.30. The molecule has 3 heterocycles. The molecule has 2 aliphatic rings. The molecule has 0 spiro atoms. The van der Waals surface area contributed by atoms with Gasteiger partial charge in [-0.25, -0.2) is 4.98 Å². The van der Waals surface area contributed by atoms with E-state index in [0.717, 1.165) is 42.8 Å². The Morgan fingerprint density at radius 3 is 3.05 bits per heavy atom. The first-order chi connectivity index (χ1) is 9.67. The van der Waals surface area contributed by atoms with Crippen molar-refractivity contribution in [1.82, 2.24) is 14.5 Å². The summed E-state index contributed by atoms with van der Waals surface area (Å²) in [6, 6.07) is 8.52. The lowest BCUT2D eigenvalue weighted by Crippen LogP contribution is -2.43. The Balaban J connectivity index is 1.69. The highest BCUT2D eigenvalue weighted by Gasteiger charge is 2.48. The average molecular weight is 271 g/mol. The minimum Gasteiger partial charge on any atom is -0.388 e. The molecule has 4 rings (SSSR count). The van der Waals surface area contributed by atoms with Crippen LogP contribution in [0.4, 0.5) is 0 Å². The molecule has 2 aliphatic heterocycles. The van der Waals surface area contributed by atoms with Crippen molar-refractivity contribution in [3.8, 4) is 0 Å². The van der Waals surface area contributed by atoms with Crippen LogP contribution in [0, 0.1) is 0 Å². The third kappa shape index (κ3) is 1.71. The van der Waals surface area contributed by atoms with Gasteiger partial charge in [0.1, 0.15) is 5.82 Å². The van der Waals surface area contributed by atoms with Crippen LogP contribution < -0.4 is 0 Å². The van der Waals surface area contributed by atoms with Gasteiger partial charge in [-0.05, 0) is 37.9 Å². The summed E-state index contributed by atoms with van der Waals surface area (Å²) >= 11 is 0. The van der Waals surface area contributed by atoms with Gasteiger partial charge in [0, 0.05) is 26.1 Å². The van der Waals surface area contributed by atoms with Crippen LogP contribution in [0.1, 0.15) is 25.1 Å². The lowest BCUT2D eigenvalue weighted by Gasteiger charge is -2.29.